The predicted octanol–water partition coefficient (Wildman–Crippen LogP) is 2.80. The van der Waals surface area contributed by atoms with Crippen LogP contribution in [0.5, 0.6) is 0 Å². The van der Waals surface area contributed by atoms with Gasteiger partial charge in [0, 0.05) is 36.8 Å². The standard InChI is InChI=1S/C22H22N6O3S2/c1-27(33(29)30)16-4-2-3-14(11-16)18-12-17-20(32-18)22(28-7-9-31-10-8-28)26-21(25-17)15-5-6-19(23)24-13-15/h2-6,11-13,33H,7-10H2,1H3,(H2,23,24). The minimum Gasteiger partial charge on any atom is -0.384 e. The highest BCUT2D eigenvalue weighted by atomic mass is 32.2. The molecule has 9 nitrogen and oxygen atoms in total. The molecule has 1 aliphatic heterocycles. The zero-order chi connectivity index (χ0) is 22.9. The van der Waals surface area contributed by atoms with E-state index in [1.54, 1.807) is 29.7 Å². The van der Waals surface area contributed by atoms with Crippen molar-refractivity contribution in [1.82, 2.24) is 15.0 Å². The maximum absolute atomic E-state index is 11.4. The summed E-state index contributed by atoms with van der Waals surface area (Å²) in [5, 5.41) is 0. The van der Waals surface area contributed by atoms with Gasteiger partial charge in [0.1, 0.15) is 5.82 Å². The molecule has 11 heteroatoms. The lowest BCUT2D eigenvalue weighted by Crippen LogP contribution is -2.36. The molecule has 3 aromatic heterocycles. The first-order valence-electron chi connectivity index (χ1n) is 10.3. The molecule has 1 saturated heterocycles. The summed E-state index contributed by atoms with van der Waals surface area (Å²) in [7, 11) is -1.17. The Kier molecular flexibility index (Phi) is 5.83. The van der Waals surface area contributed by atoms with Crippen LogP contribution < -0.4 is 14.9 Å². The van der Waals surface area contributed by atoms with Crippen LogP contribution in [0.1, 0.15) is 0 Å². The SMILES string of the molecule is CN(c1cccc(-c2cc3nc(-c4ccc(N)nc4)nc(N4CCOCC4)c3s2)c1)[SH](=O)=O. The molecule has 5 rings (SSSR count). The topological polar surface area (TPSA) is 115 Å². The van der Waals surface area contributed by atoms with E-state index < -0.39 is 10.9 Å². The summed E-state index contributed by atoms with van der Waals surface area (Å²) in [6.45, 7) is 2.78. The first kappa shape index (κ1) is 21.6. The summed E-state index contributed by atoms with van der Waals surface area (Å²) < 4.78 is 30.6. The third kappa shape index (κ3) is 4.34. The molecule has 33 heavy (non-hydrogen) atoms. The minimum absolute atomic E-state index is 0.440. The Balaban J connectivity index is 1.64. The maximum Gasteiger partial charge on any atom is 0.224 e. The highest BCUT2D eigenvalue weighted by Gasteiger charge is 2.21. The van der Waals surface area contributed by atoms with Gasteiger partial charge in [0.25, 0.3) is 0 Å². The molecule has 1 aliphatic rings. The number of nitrogens with zero attached hydrogens (tertiary/aromatic N) is 5. The lowest BCUT2D eigenvalue weighted by Gasteiger charge is -2.28. The predicted molar refractivity (Wildman–Crippen MR) is 132 cm³/mol. The molecular weight excluding hydrogens is 460 g/mol. The van der Waals surface area contributed by atoms with Crippen molar-refractivity contribution in [2.24, 2.45) is 0 Å². The van der Waals surface area contributed by atoms with E-state index in [9.17, 15) is 8.42 Å². The fourth-order valence-corrected chi connectivity index (χ4v) is 5.09. The van der Waals surface area contributed by atoms with Crippen molar-refractivity contribution in [2.75, 3.05) is 48.3 Å². The lowest BCUT2D eigenvalue weighted by atomic mass is 10.1. The number of anilines is 3. The fraction of sp³-hybridized carbons (Fsp3) is 0.227. The van der Waals surface area contributed by atoms with Crippen LogP contribution in [0.25, 0.3) is 32.0 Å². The van der Waals surface area contributed by atoms with Gasteiger partial charge in [-0.2, -0.15) is 0 Å². The highest BCUT2D eigenvalue weighted by Crippen LogP contribution is 2.39. The molecule has 1 fully saturated rings. The molecule has 2 N–H and O–H groups in total. The second-order valence-corrected chi connectivity index (χ2v) is 9.71. The van der Waals surface area contributed by atoms with Crippen molar-refractivity contribution in [2.45, 2.75) is 0 Å². The highest BCUT2D eigenvalue weighted by molar-refractivity contribution is 7.74. The first-order valence-corrected chi connectivity index (χ1v) is 12.3. The van der Waals surface area contributed by atoms with Gasteiger partial charge in [0.2, 0.25) is 10.9 Å². The number of pyridine rings is 1. The van der Waals surface area contributed by atoms with E-state index in [1.165, 1.54) is 11.4 Å². The Morgan fingerprint density at radius 2 is 1.91 bits per heavy atom. The quantitative estimate of drug-likeness (QED) is 0.418. The van der Waals surface area contributed by atoms with Gasteiger partial charge in [0.15, 0.2) is 11.6 Å². The van der Waals surface area contributed by atoms with Crippen molar-refractivity contribution < 1.29 is 13.2 Å². The number of ether oxygens (including phenoxy) is 1. The summed E-state index contributed by atoms with van der Waals surface area (Å²) >= 11 is 1.59. The maximum atomic E-state index is 11.4. The van der Waals surface area contributed by atoms with Gasteiger partial charge in [-0.25, -0.2) is 23.4 Å². The van der Waals surface area contributed by atoms with E-state index in [2.05, 4.69) is 9.88 Å². The molecule has 0 radical (unpaired) electrons. The van der Waals surface area contributed by atoms with E-state index in [1.807, 2.05) is 30.3 Å². The average molecular weight is 483 g/mol. The van der Waals surface area contributed by atoms with Crippen LogP contribution in [-0.4, -0.2) is 56.7 Å². The molecule has 0 aliphatic carbocycles. The molecule has 0 bridgehead atoms. The second kappa shape index (κ2) is 8.93. The summed E-state index contributed by atoms with van der Waals surface area (Å²) in [4.78, 5) is 17.1. The number of rotatable bonds is 5. The van der Waals surface area contributed by atoms with Gasteiger partial charge in [-0.3, -0.25) is 4.31 Å². The van der Waals surface area contributed by atoms with Crippen LogP contribution in [0.2, 0.25) is 0 Å². The molecular formula is C22H22N6O3S2. The second-order valence-electron chi connectivity index (χ2n) is 7.58. The summed E-state index contributed by atoms with van der Waals surface area (Å²) in [5.74, 6) is 1.88. The van der Waals surface area contributed by atoms with Gasteiger partial charge >= 0.3 is 0 Å². The molecule has 0 amide bonds. The first-order chi connectivity index (χ1) is 16.0. The number of nitrogens with two attached hydrogens (primary N) is 1. The van der Waals surface area contributed by atoms with E-state index >= 15 is 0 Å². The summed E-state index contributed by atoms with van der Waals surface area (Å²) in [6.07, 6.45) is 1.68. The van der Waals surface area contributed by atoms with E-state index in [-0.39, 0.29) is 0 Å². The molecule has 4 aromatic rings. The number of fused-ring (bicyclic) bond motifs is 1. The van der Waals surface area contributed by atoms with Gasteiger partial charge in [0.05, 0.1) is 29.1 Å². The Morgan fingerprint density at radius 1 is 1.09 bits per heavy atom. The number of thiophene rings is 1. The Labute approximate surface area is 196 Å². The third-order valence-corrected chi connectivity index (χ3v) is 7.35. The monoisotopic (exact) mass is 482 g/mol. The average Bonchev–Trinajstić information content (AvgIpc) is 3.28. The van der Waals surface area contributed by atoms with Crippen LogP contribution in [0, 0.1) is 0 Å². The van der Waals surface area contributed by atoms with Crippen LogP contribution >= 0.6 is 11.3 Å². The summed E-state index contributed by atoms with van der Waals surface area (Å²) in [6, 6.07) is 13.1. The normalized spacial score (nSPS) is 14.2. The fourth-order valence-electron chi connectivity index (χ4n) is 3.67. The van der Waals surface area contributed by atoms with Crippen LogP contribution in [0.15, 0.2) is 48.7 Å². The lowest BCUT2D eigenvalue weighted by molar-refractivity contribution is 0.122. The van der Waals surface area contributed by atoms with E-state index in [0.717, 1.165) is 45.1 Å². The Hall–Kier alpha value is -3.28. The molecule has 0 atom stereocenters. The number of thiol groups is 1. The van der Waals surface area contributed by atoms with Crippen LogP contribution in [0.4, 0.5) is 17.3 Å². The van der Waals surface area contributed by atoms with Crippen LogP contribution in [0.3, 0.4) is 0 Å². The molecule has 0 spiro atoms. The molecule has 1 aromatic carbocycles. The Bertz CT molecular complexity index is 1370. The van der Waals surface area contributed by atoms with Crippen molar-refractivity contribution in [3.63, 3.8) is 0 Å². The zero-order valence-electron chi connectivity index (χ0n) is 17.8. The van der Waals surface area contributed by atoms with Gasteiger partial charge in [-0.1, -0.05) is 12.1 Å². The van der Waals surface area contributed by atoms with Crippen molar-refractivity contribution >= 4 is 49.8 Å². The summed E-state index contributed by atoms with van der Waals surface area (Å²) in [5.41, 5.74) is 8.89. The molecule has 170 valence electrons. The van der Waals surface area contributed by atoms with Gasteiger partial charge in [-0.05, 0) is 35.9 Å². The number of hydrogen-bond acceptors (Lipinski definition) is 9. The minimum atomic E-state index is -2.70. The molecule has 0 unspecified atom stereocenters. The molecule has 4 heterocycles. The van der Waals surface area contributed by atoms with Crippen molar-refractivity contribution in [3.05, 3.63) is 48.7 Å². The number of hydrogen-bond donors (Lipinski definition) is 2. The molecule has 0 saturated carbocycles. The zero-order valence-corrected chi connectivity index (χ0v) is 19.6. The van der Waals surface area contributed by atoms with E-state index in [0.29, 0.717) is 30.5 Å². The van der Waals surface area contributed by atoms with Gasteiger partial charge < -0.3 is 15.4 Å². The number of aromatic nitrogens is 3. The van der Waals surface area contributed by atoms with Crippen LogP contribution in [-0.2, 0) is 15.6 Å². The van der Waals surface area contributed by atoms with Crippen molar-refractivity contribution in [3.8, 4) is 21.8 Å². The smallest absolute Gasteiger partial charge is 0.224 e. The number of nitrogen functional groups attached to an aromatic ring is 1. The number of morpholine rings is 1. The number of benzene rings is 1. The van der Waals surface area contributed by atoms with Gasteiger partial charge in [-0.15, -0.1) is 11.3 Å². The Morgan fingerprint density at radius 3 is 2.64 bits per heavy atom. The van der Waals surface area contributed by atoms with E-state index in [4.69, 9.17) is 20.4 Å². The largest absolute Gasteiger partial charge is 0.384 e. The van der Waals surface area contributed by atoms with Crippen molar-refractivity contribution in [1.29, 1.82) is 0 Å². The third-order valence-electron chi connectivity index (χ3n) is 5.46.